The summed E-state index contributed by atoms with van der Waals surface area (Å²) in [5.74, 6) is 0.772. The van der Waals surface area contributed by atoms with E-state index in [1.165, 1.54) is 6.07 Å². The van der Waals surface area contributed by atoms with Crippen molar-refractivity contribution in [2.45, 2.75) is 26.8 Å². The Balaban J connectivity index is 1.65. The topological polar surface area (TPSA) is 113 Å². The maximum Gasteiger partial charge on any atom is 0.341 e. The van der Waals surface area contributed by atoms with Gasteiger partial charge in [0.2, 0.25) is 0 Å². The fourth-order valence-corrected chi connectivity index (χ4v) is 4.73. The molecule has 4 heterocycles. The predicted octanol–water partition coefficient (Wildman–Crippen LogP) is 5.37. The molecule has 0 fully saturated rings. The Kier molecular flexibility index (Phi) is 3.97. The highest BCUT2D eigenvalue weighted by atomic mass is 16.4. The molecule has 1 atom stereocenters. The number of hydrogen-bond acceptors (Lipinski definition) is 7. The maximum absolute atomic E-state index is 13.2. The van der Waals surface area contributed by atoms with Crippen LogP contribution in [0.15, 0.2) is 69.9 Å². The fourth-order valence-electron chi connectivity index (χ4n) is 4.73. The molecular formula is C26H19NO6. The Morgan fingerprint density at radius 1 is 0.788 bits per heavy atom. The third-order valence-electron chi connectivity index (χ3n) is 6.33. The van der Waals surface area contributed by atoms with Gasteiger partial charge < -0.3 is 23.4 Å². The van der Waals surface area contributed by atoms with Crippen molar-refractivity contribution in [3.05, 3.63) is 91.5 Å². The van der Waals surface area contributed by atoms with Crippen LogP contribution >= 0.6 is 0 Å². The molecule has 2 N–H and O–H groups in total. The summed E-state index contributed by atoms with van der Waals surface area (Å²) >= 11 is 0. The van der Waals surface area contributed by atoms with Crippen LogP contribution in [0.4, 0.5) is 0 Å². The molecule has 0 bridgehead atoms. The molecule has 164 valence electrons. The molecule has 0 radical (unpaired) electrons. The fraction of sp³-hybridized carbons (Fsp3) is 0.154. The molecule has 4 aromatic heterocycles. The second kappa shape index (κ2) is 6.70. The highest BCUT2D eigenvalue weighted by Crippen LogP contribution is 2.35. The number of aryl methyl sites for hydroxylation is 3. The van der Waals surface area contributed by atoms with Gasteiger partial charge in [0.1, 0.15) is 28.1 Å². The molecule has 0 aliphatic rings. The summed E-state index contributed by atoms with van der Waals surface area (Å²) < 4.78 is 22.3. The molecule has 6 aromatic rings. The Morgan fingerprint density at radius 2 is 1.58 bits per heavy atom. The highest BCUT2D eigenvalue weighted by Gasteiger charge is 2.24. The first kappa shape index (κ1) is 19.6. The summed E-state index contributed by atoms with van der Waals surface area (Å²) in [6.07, 6.45) is 1.56. The Hall–Kier alpha value is -4.10. The van der Waals surface area contributed by atoms with Gasteiger partial charge in [0.05, 0.1) is 17.9 Å². The number of hydrogen-bond donors (Lipinski definition) is 1. The number of benzene rings is 2. The summed E-state index contributed by atoms with van der Waals surface area (Å²) in [7, 11) is 0. The molecular weight excluding hydrogens is 422 g/mol. The largest absolute Gasteiger partial charge is 0.464 e. The third-order valence-corrected chi connectivity index (χ3v) is 6.33. The lowest BCUT2D eigenvalue weighted by Crippen LogP contribution is -2.23. The van der Waals surface area contributed by atoms with Gasteiger partial charge in [-0.2, -0.15) is 0 Å². The van der Waals surface area contributed by atoms with E-state index >= 15 is 0 Å². The molecule has 0 saturated carbocycles. The second-order valence-electron chi connectivity index (χ2n) is 8.39. The average Bonchev–Trinajstić information content (AvgIpc) is 3.38. The average molecular weight is 441 g/mol. The number of furan rings is 2. The monoisotopic (exact) mass is 441 g/mol. The second-order valence-corrected chi connectivity index (χ2v) is 8.39. The first-order chi connectivity index (χ1) is 15.8. The smallest absolute Gasteiger partial charge is 0.341 e. The van der Waals surface area contributed by atoms with Gasteiger partial charge in [-0.1, -0.05) is 0 Å². The number of nitrogens with two attached hydrogens (primary N) is 1. The lowest BCUT2D eigenvalue weighted by Gasteiger charge is -2.17. The molecule has 0 amide bonds. The van der Waals surface area contributed by atoms with Crippen LogP contribution < -0.4 is 17.0 Å². The van der Waals surface area contributed by atoms with E-state index in [9.17, 15) is 9.59 Å². The zero-order chi connectivity index (χ0) is 23.0. The van der Waals surface area contributed by atoms with Crippen LogP contribution in [0.5, 0.6) is 0 Å². The molecule has 0 aliphatic carbocycles. The first-order valence-electron chi connectivity index (χ1n) is 10.5. The van der Waals surface area contributed by atoms with Crippen molar-refractivity contribution in [2.24, 2.45) is 5.73 Å². The molecule has 0 aliphatic heterocycles. The minimum absolute atomic E-state index is 0.292. The van der Waals surface area contributed by atoms with Crippen LogP contribution in [0.1, 0.15) is 34.1 Å². The van der Waals surface area contributed by atoms with Crippen molar-refractivity contribution in [3.63, 3.8) is 0 Å². The molecule has 1 unspecified atom stereocenters. The molecule has 2 aromatic carbocycles. The highest BCUT2D eigenvalue weighted by molar-refractivity contribution is 5.99. The van der Waals surface area contributed by atoms with Crippen molar-refractivity contribution in [3.8, 4) is 0 Å². The lowest BCUT2D eigenvalue weighted by atomic mass is 9.92. The van der Waals surface area contributed by atoms with Crippen LogP contribution in [0.2, 0.25) is 0 Å². The standard InChI is InChI=1S/C26H19NO6/c1-11-6-15-8-16-12(2)22(26(29)33-25(16)13(3)24(15)31-11)23(27)18-9-21(28)32-20-10-19-14(4-5-30-19)7-17(18)20/h4-10,23H,27H2,1-3H3. The van der Waals surface area contributed by atoms with E-state index in [0.717, 1.165) is 27.5 Å². The van der Waals surface area contributed by atoms with E-state index in [2.05, 4.69) is 0 Å². The van der Waals surface area contributed by atoms with Crippen molar-refractivity contribution in [1.82, 2.24) is 0 Å². The summed E-state index contributed by atoms with van der Waals surface area (Å²) in [5.41, 5.74) is 9.83. The maximum atomic E-state index is 13.2. The minimum atomic E-state index is -0.899. The zero-order valence-electron chi connectivity index (χ0n) is 18.1. The Labute approximate surface area is 186 Å². The third kappa shape index (κ3) is 2.79. The van der Waals surface area contributed by atoms with Gasteiger partial charge in [-0.25, -0.2) is 9.59 Å². The van der Waals surface area contributed by atoms with Gasteiger partial charge in [0, 0.05) is 39.2 Å². The van der Waals surface area contributed by atoms with Gasteiger partial charge >= 0.3 is 11.3 Å². The van der Waals surface area contributed by atoms with Crippen LogP contribution in [0, 0.1) is 20.8 Å². The van der Waals surface area contributed by atoms with Crippen molar-refractivity contribution >= 4 is 43.9 Å². The summed E-state index contributed by atoms with van der Waals surface area (Å²) in [6, 6.07) is 9.61. The molecule has 0 saturated heterocycles. The van der Waals surface area contributed by atoms with Crippen LogP contribution in [0.25, 0.3) is 43.9 Å². The quantitative estimate of drug-likeness (QED) is 0.360. The SMILES string of the molecule is Cc1cc2cc3c(C)c(C(N)c4cc(=O)oc5cc6occc6cc45)c(=O)oc3c(C)c2o1. The van der Waals surface area contributed by atoms with E-state index in [1.807, 2.05) is 45.0 Å². The van der Waals surface area contributed by atoms with Crippen molar-refractivity contribution in [1.29, 1.82) is 0 Å². The molecule has 7 nitrogen and oxygen atoms in total. The van der Waals surface area contributed by atoms with Gasteiger partial charge in [0.15, 0.2) is 0 Å². The summed E-state index contributed by atoms with van der Waals surface area (Å²) in [6.45, 7) is 5.58. The predicted molar refractivity (Wildman–Crippen MR) is 125 cm³/mol. The van der Waals surface area contributed by atoms with E-state index in [4.69, 9.17) is 23.4 Å². The lowest BCUT2D eigenvalue weighted by molar-refractivity contribution is 0.535. The van der Waals surface area contributed by atoms with Gasteiger partial charge in [-0.3, -0.25) is 0 Å². The van der Waals surface area contributed by atoms with Gasteiger partial charge in [-0.15, -0.1) is 0 Å². The van der Waals surface area contributed by atoms with Crippen LogP contribution in [0.3, 0.4) is 0 Å². The molecule has 6 rings (SSSR count). The molecule has 0 spiro atoms. The Morgan fingerprint density at radius 3 is 2.39 bits per heavy atom. The van der Waals surface area contributed by atoms with Crippen molar-refractivity contribution in [2.75, 3.05) is 0 Å². The summed E-state index contributed by atoms with van der Waals surface area (Å²) in [5, 5.41) is 3.16. The summed E-state index contributed by atoms with van der Waals surface area (Å²) in [4.78, 5) is 25.5. The van der Waals surface area contributed by atoms with Crippen molar-refractivity contribution < 1.29 is 17.7 Å². The zero-order valence-corrected chi connectivity index (χ0v) is 18.1. The minimum Gasteiger partial charge on any atom is -0.464 e. The Bertz CT molecular complexity index is 1860. The van der Waals surface area contributed by atoms with E-state index < -0.39 is 17.3 Å². The van der Waals surface area contributed by atoms with Gasteiger partial charge in [0.25, 0.3) is 0 Å². The van der Waals surface area contributed by atoms with Crippen LogP contribution in [-0.4, -0.2) is 0 Å². The molecule has 7 heteroatoms. The normalized spacial score (nSPS) is 13.0. The number of fused-ring (bicyclic) bond motifs is 4. The van der Waals surface area contributed by atoms with E-state index in [1.54, 1.807) is 12.3 Å². The first-order valence-corrected chi connectivity index (χ1v) is 10.5. The van der Waals surface area contributed by atoms with E-state index in [0.29, 0.717) is 44.4 Å². The number of rotatable bonds is 2. The van der Waals surface area contributed by atoms with Crippen LogP contribution in [-0.2, 0) is 0 Å². The van der Waals surface area contributed by atoms with Gasteiger partial charge in [-0.05, 0) is 56.2 Å². The molecule has 33 heavy (non-hydrogen) atoms. The van der Waals surface area contributed by atoms with E-state index in [-0.39, 0.29) is 0 Å².